The molecule has 0 aliphatic carbocycles. The van der Waals surface area contributed by atoms with Gasteiger partial charge in [-0.25, -0.2) is 9.18 Å². The zero-order valence-corrected chi connectivity index (χ0v) is 10.7. The summed E-state index contributed by atoms with van der Waals surface area (Å²) in [6.07, 6.45) is 0. The van der Waals surface area contributed by atoms with Crippen LogP contribution in [-0.2, 0) is 18.4 Å². The first kappa shape index (κ1) is 13.1. The van der Waals surface area contributed by atoms with E-state index in [9.17, 15) is 9.18 Å². The molecule has 0 amide bonds. The van der Waals surface area contributed by atoms with Crippen molar-refractivity contribution in [3.63, 3.8) is 0 Å². The largest absolute Gasteiger partial charge is 0.456 e. The van der Waals surface area contributed by atoms with Gasteiger partial charge in [0.05, 0.1) is 11.4 Å². The first-order valence-corrected chi connectivity index (χ1v) is 5.69. The van der Waals surface area contributed by atoms with Crippen molar-refractivity contribution in [2.45, 2.75) is 13.5 Å². The quantitative estimate of drug-likeness (QED) is 0.857. The highest BCUT2D eigenvalue weighted by Gasteiger charge is 2.19. The highest BCUT2D eigenvalue weighted by atomic mass is 19.1. The van der Waals surface area contributed by atoms with Gasteiger partial charge in [0.2, 0.25) is 0 Å². The van der Waals surface area contributed by atoms with Crippen LogP contribution in [0.5, 0.6) is 0 Å². The zero-order chi connectivity index (χ0) is 14.0. The molecule has 0 fully saturated rings. The second-order valence-electron chi connectivity index (χ2n) is 4.18. The Bertz CT molecular complexity index is 622. The van der Waals surface area contributed by atoms with E-state index in [0.29, 0.717) is 16.9 Å². The normalized spacial score (nSPS) is 10.5. The van der Waals surface area contributed by atoms with Gasteiger partial charge >= 0.3 is 5.97 Å². The summed E-state index contributed by atoms with van der Waals surface area (Å²) in [4.78, 5) is 11.9. The van der Waals surface area contributed by atoms with E-state index in [-0.39, 0.29) is 18.1 Å². The molecule has 2 rings (SSSR count). The Kier molecular flexibility index (Phi) is 3.50. The van der Waals surface area contributed by atoms with E-state index in [1.165, 1.54) is 16.8 Å². The molecule has 0 bridgehead atoms. The summed E-state index contributed by atoms with van der Waals surface area (Å²) in [5, 5.41) is 4.03. The molecule has 2 aromatic rings. The van der Waals surface area contributed by atoms with Crippen molar-refractivity contribution in [3.8, 4) is 0 Å². The molecule has 0 unspecified atom stereocenters. The topological polar surface area (TPSA) is 70.1 Å². The van der Waals surface area contributed by atoms with Gasteiger partial charge in [-0.2, -0.15) is 5.10 Å². The number of esters is 1. The van der Waals surface area contributed by atoms with Crippen LogP contribution in [-0.4, -0.2) is 15.7 Å². The van der Waals surface area contributed by atoms with Crippen LogP contribution in [0.15, 0.2) is 24.3 Å². The molecule has 0 saturated carbocycles. The molecular formula is C13H14FN3O2. The minimum atomic E-state index is -0.579. The fraction of sp³-hybridized carbons (Fsp3) is 0.231. The van der Waals surface area contributed by atoms with Gasteiger partial charge in [0.25, 0.3) is 0 Å². The van der Waals surface area contributed by atoms with E-state index in [2.05, 4.69) is 5.10 Å². The van der Waals surface area contributed by atoms with Crippen LogP contribution in [0.3, 0.4) is 0 Å². The number of nitrogen functional groups attached to an aromatic ring is 1. The number of hydrogen-bond acceptors (Lipinski definition) is 4. The number of halogens is 1. The maximum atomic E-state index is 13.0. The lowest BCUT2D eigenvalue weighted by Crippen LogP contribution is -2.12. The molecule has 5 nitrogen and oxygen atoms in total. The smallest absolute Gasteiger partial charge is 0.359 e. The van der Waals surface area contributed by atoms with Gasteiger partial charge in [0.15, 0.2) is 5.69 Å². The van der Waals surface area contributed by atoms with Crippen LogP contribution in [0.2, 0.25) is 0 Å². The van der Waals surface area contributed by atoms with Crippen LogP contribution < -0.4 is 5.73 Å². The van der Waals surface area contributed by atoms with Gasteiger partial charge in [-0.3, -0.25) is 4.68 Å². The van der Waals surface area contributed by atoms with E-state index in [1.54, 1.807) is 26.1 Å². The van der Waals surface area contributed by atoms with Crippen LogP contribution in [0.1, 0.15) is 21.7 Å². The molecule has 1 heterocycles. The number of nitrogens with zero attached hydrogens (tertiary/aromatic N) is 2. The van der Waals surface area contributed by atoms with Gasteiger partial charge in [-0.1, -0.05) is 12.1 Å². The summed E-state index contributed by atoms with van der Waals surface area (Å²) in [7, 11) is 1.61. The third-order valence-electron chi connectivity index (χ3n) is 2.72. The number of nitrogens with two attached hydrogens (primary N) is 1. The fourth-order valence-electron chi connectivity index (χ4n) is 1.76. The van der Waals surface area contributed by atoms with Gasteiger partial charge < -0.3 is 10.5 Å². The summed E-state index contributed by atoms with van der Waals surface area (Å²) in [5.41, 5.74) is 7.40. The average Bonchev–Trinajstić information content (AvgIpc) is 2.61. The monoisotopic (exact) mass is 263 g/mol. The third kappa shape index (κ3) is 2.73. The number of aryl methyl sites for hydroxylation is 2. The molecular weight excluding hydrogens is 249 g/mol. The van der Waals surface area contributed by atoms with Crippen LogP contribution >= 0.6 is 0 Å². The van der Waals surface area contributed by atoms with E-state index in [0.717, 1.165) is 0 Å². The van der Waals surface area contributed by atoms with Crippen molar-refractivity contribution < 1.29 is 13.9 Å². The van der Waals surface area contributed by atoms with Crippen molar-refractivity contribution in [1.29, 1.82) is 0 Å². The first-order chi connectivity index (χ1) is 8.99. The second kappa shape index (κ2) is 5.09. The summed E-state index contributed by atoms with van der Waals surface area (Å²) < 4.78 is 19.4. The molecule has 0 aliphatic heterocycles. The summed E-state index contributed by atoms with van der Waals surface area (Å²) >= 11 is 0. The number of rotatable bonds is 3. The molecule has 0 spiro atoms. The molecule has 0 saturated heterocycles. The lowest BCUT2D eigenvalue weighted by molar-refractivity contribution is 0.0461. The van der Waals surface area contributed by atoms with Crippen molar-refractivity contribution in [1.82, 2.24) is 9.78 Å². The predicted molar refractivity (Wildman–Crippen MR) is 67.9 cm³/mol. The SMILES string of the molecule is Cc1nn(C)c(C(=O)OCc2cccc(F)c2)c1N. The third-order valence-corrected chi connectivity index (χ3v) is 2.72. The van der Waals surface area contributed by atoms with Crippen molar-refractivity contribution in [3.05, 3.63) is 47.0 Å². The maximum Gasteiger partial charge on any atom is 0.359 e. The lowest BCUT2D eigenvalue weighted by Gasteiger charge is -2.06. The van der Waals surface area contributed by atoms with Gasteiger partial charge in [-0.05, 0) is 24.6 Å². The standard InChI is InChI=1S/C13H14FN3O2/c1-8-11(15)12(17(2)16-8)13(18)19-7-9-4-3-5-10(14)6-9/h3-6H,7,15H2,1-2H3. The minimum absolute atomic E-state index is 0.0136. The number of benzene rings is 1. The Hall–Kier alpha value is -2.37. The molecule has 2 N–H and O–H groups in total. The Morgan fingerprint density at radius 1 is 1.53 bits per heavy atom. The first-order valence-electron chi connectivity index (χ1n) is 5.69. The summed E-state index contributed by atoms with van der Waals surface area (Å²) in [6, 6.07) is 5.87. The van der Waals surface area contributed by atoms with Crippen LogP contribution in [0.4, 0.5) is 10.1 Å². The highest BCUT2D eigenvalue weighted by molar-refractivity contribution is 5.93. The summed E-state index contributed by atoms with van der Waals surface area (Å²) in [5.74, 6) is -0.950. The number of carbonyl (C=O) groups is 1. The molecule has 1 aromatic heterocycles. The van der Waals surface area contributed by atoms with Gasteiger partial charge in [-0.15, -0.1) is 0 Å². The molecule has 0 aliphatic rings. The lowest BCUT2D eigenvalue weighted by atomic mass is 10.2. The Labute approximate surface area is 109 Å². The van der Waals surface area contributed by atoms with Gasteiger partial charge in [0, 0.05) is 7.05 Å². The molecule has 0 radical (unpaired) electrons. The van der Waals surface area contributed by atoms with E-state index in [4.69, 9.17) is 10.5 Å². The number of aromatic nitrogens is 2. The Balaban J connectivity index is 2.10. The van der Waals surface area contributed by atoms with Crippen molar-refractivity contribution in [2.75, 3.05) is 5.73 Å². The molecule has 19 heavy (non-hydrogen) atoms. The molecule has 0 atom stereocenters. The highest BCUT2D eigenvalue weighted by Crippen LogP contribution is 2.17. The van der Waals surface area contributed by atoms with E-state index in [1.807, 2.05) is 0 Å². The average molecular weight is 263 g/mol. The van der Waals surface area contributed by atoms with Crippen molar-refractivity contribution in [2.24, 2.45) is 7.05 Å². The van der Waals surface area contributed by atoms with Crippen LogP contribution in [0, 0.1) is 12.7 Å². The number of ether oxygens (including phenoxy) is 1. The Morgan fingerprint density at radius 2 is 2.26 bits per heavy atom. The molecule has 6 heteroatoms. The second-order valence-corrected chi connectivity index (χ2v) is 4.18. The number of anilines is 1. The molecule has 100 valence electrons. The number of hydrogen-bond donors (Lipinski definition) is 1. The fourth-order valence-corrected chi connectivity index (χ4v) is 1.76. The maximum absolute atomic E-state index is 13.0. The van der Waals surface area contributed by atoms with E-state index < -0.39 is 5.97 Å². The zero-order valence-electron chi connectivity index (χ0n) is 10.7. The molecule has 1 aromatic carbocycles. The minimum Gasteiger partial charge on any atom is -0.456 e. The van der Waals surface area contributed by atoms with Gasteiger partial charge in [0.1, 0.15) is 12.4 Å². The van der Waals surface area contributed by atoms with E-state index >= 15 is 0 Å². The van der Waals surface area contributed by atoms with Crippen molar-refractivity contribution >= 4 is 11.7 Å². The number of carbonyl (C=O) groups excluding carboxylic acids is 1. The summed E-state index contributed by atoms with van der Waals surface area (Å²) in [6.45, 7) is 1.69. The predicted octanol–water partition coefficient (Wildman–Crippen LogP) is 1.81. The van der Waals surface area contributed by atoms with Crippen LogP contribution in [0.25, 0.3) is 0 Å². The Morgan fingerprint density at radius 3 is 2.84 bits per heavy atom.